The van der Waals surface area contributed by atoms with E-state index in [9.17, 15) is 40.3 Å². The molecule has 4 aromatic carbocycles. The third-order valence-electron chi connectivity index (χ3n) is 13.0. The van der Waals surface area contributed by atoms with Crippen LogP contribution in [-0.4, -0.2) is 118 Å². The first-order valence-corrected chi connectivity index (χ1v) is 27.5. The Labute approximate surface area is 439 Å². The van der Waals surface area contributed by atoms with Gasteiger partial charge in [-0.2, -0.15) is 21.4 Å². The number of amides is 2. The maximum atomic E-state index is 13.1. The fraction of sp³-hybridized carbons (Fsp3) is 0.385. The summed E-state index contributed by atoms with van der Waals surface area (Å²) in [5, 5.41) is 17.0. The number of hydrogen-bond acceptors (Lipinski definition) is 17. The number of carbonyl (C=O) groups is 3. The largest absolute Gasteiger partial charge is 0.379 e. The monoisotopic (exact) mass is 1090 g/mol. The zero-order chi connectivity index (χ0) is 54.3. The number of unbranched alkanes of at least 4 members (excludes halogenated alkanes) is 1. The van der Waals surface area contributed by atoms with Gasteiger partial charge in [0.05, 0.1) is 73.4 Å². The standard InChI is InChI=1S/C52H59N3O17S3/c1-34-30-35-31-37(73-72-71-59)17-19-39(35)47-49(34)53(6)42(51(47,2)3)14-10-8-7-9-11-15-43-52(4,5)48-40-20-18-38(74(60,61)62)32-36(40)33-41(75(63,64)65)50(48)54(43)69-29-28-68-27-26-67-25-24-66-23-13-12-16-46(58)70-55-44(56)21-22-45(55)57/h7-11,14-15,17-20,30-33H,12-13,16,21-29H2,1-6H3,(H2-,59,60,61,62,63,64,65)/p+1. The Bertz CT molecular complexity index is 3240. The van der Waals surface area contributed by atoms with Crippen molar-refractivity contribution >= 4 is 88.7 Å². The molecule has 23 heteroatoms. The number of hydroxylamine groups is 3. The van der Waals surface area contributed by atoms with E-state index in [1.165, 1.54) is 22.8 Å². The second-order valence-electron chi connectivity index (χ2n) is 18.8. The lowest BCUT2D eigenvalue weighted by Gasteiger charge is -2.26. The smallest absolute Gasteiger partial charge is 0.333 e. The average molecular weight is 1100 g/mol. The quantitative estimate of drug-likeness (QED) is 0.00824. The highest BCUT2D eigenvalue weighted by Gasteiger charge is 2.47. The first-order chi connectivity index (χ1) is 35.6. The summed E-state index contributed by atoms with van der Waals surface area (Å²) in [6.45, 7) is 11.4. The minimum atomic E-state index is -4.95. The van der Waals surface area contributed by atoms with Crippen molar-refractivity contribution in [2.45, 2.75) is 92.2 Å². The number of hydrogen-bond donors (Lipinski definition) is 3. The Balaban J connectivity index is 0.996. The van der Waals surface area contributed by atoms with Crippen LogP contribution in [0.1, 0.15) is 76.5 Å². The molecule has 0 aromatic heterocycles. The van der Waals surface area contributed by atoms with Crippen LogP contribution in [0.5, 0.6) is 0 Å². The van der Waals surface area contributed by atoms with Gasteiger partial charge in [0.1, 0.15) is 11.9 Å². The maximum absolute atomic E-state index is 13.1. The number of imide groups is 1. The number of allylic oxidation sites excluding steroid dienone is 8. The van der Waals surface area contributed by atoms with Gasteiger partial charge in [-0.15, -0.1) is 9.40 Å². The predicted molar refractivity (Wildman–Crippen MR) is 277 cm³/mol. The third kappa shape index (κ3) is 13.0. The molecule has 0 saturated carbocycles. The molecule has 3 aliphatic heterocycles. The van der Waals surface area contributed by atoms with Crippen LogP contribution in [0.15, 0.2) is 111 Å². The minimum absolute atomic E-state index is 0.0278. The molecule has 20 nitrogen and oxygen atoms in total. The number of ether oxygens (including phenoxy) is 3. The highest BCUT2D eigenvalue weighted by molar-refractivity contribution is 7.94. The molecule has 1 saturated heterocycles. The van der Waals surface area contributed by atoms with E-state index in [-0.39, 0.29) is 75.4 Å². The Morgan fingerprint density at radius 2 is 1.35 bits per heavy atom. The van der Waals surface area contributed by atoms with Gasteiger partial charge in [0, 0.05) is 53.4 Å². The molecule has 402 valence electrons. The van der Waals surface area contributed by atoms with Gasteiger partial charge in [-0.1, -0.05) is 61.4 Å². The Morgan fingerprint density at radius 1 is 0.733 bits per heavy atom. The van der Waals surface area contributed by atoms with Crippen LogP contribution in [0, 0.1) is 6.92 Å². The zero-order valence-electron chi connectivity index (χ0n) is 42.3. The molecule has 1 fully saturated rings. The van der Waals surface area contributed by atoms with Crippen molar-refractivity contribution < 1.29 is 83.4 Å². The van der Waals surface area contributed by atoms with E-state index < -0.39 is 53.2 Å². The van der Waals surface area contributed by atoms with Gasteiger partial charge in [-0.05, 0) is 103 Å². The predicted octanol–water partition coefficient (Wildman–Crippen LogP) is 8.34. The van der Waals surface area contributed by atoms with Crippen LogP contribution in [0.2, 0.25) is 0 Å². The highest BCUT2D eigenvalue weighted by atomic mass is 32.2. The zero-order valence-corrected chi connectivity index (χ0v) is 44.7. The molecule has 7 rings (SSSR count). The van der Waals surface area contributed by atoms with Crippen molar-refractivity contribution in [3.8, 4) is 0 Å². The number of nitrogens with zero attached hydrogens (tertiary/aromatic N) is 3. The normalized spacial score (nSPS) is 17.2. The lowest BCUT2D eigenvalue weighted by Crippen LogP contribution is -2.31. The van der Waals surface area contributed by atoms with Gasteiger partial charge in [0.15, 0.2) is 5.71 Å². The van der Waals surface area contributed by atoms with Crippen molar-refractivity contribution in [2.75, 3.05) is 58.4 Å². The van der Waals surface area contributed by atoms with Gasteiger partial charge in [0.2, 0.25) is 5.69 Å². The van der Waals surface area contributed by atoms with Gasteiger partial charge in [-0.25, -0.2) is 15.1 Å². The molecule has 0 atom stereocenters. The molecule has 0 aliphatic carbocycles. The van der Waals surface area contributed by atoms with Crippen LogP contribution >= 0.6 is 12.0 Å². The summed E-state index contributed by atoms with van der Waals surface area (Å²) in [4.78, 5) is 46.1. The Hall–Kier alpha value is -5.67. The van der Waals surface area contributed by atoms with Crippen molar-refractivity contribution in [1.29, 1.82) is 0 Å². The van der Waals surface area contributed by atoms with E-state index in [0.717, 1.165) is 56.8 Å². The lowest BCUT2D eigenvalue weighted by molar-refractivity contribution is -0.432. The first-order valence-electron chi connectivity index (χ1n) is 23.9. The third-order valence-corrected chi connectivity index (χ3v) is 15.3. The van der Waals surface area contributed by atoms with Gasteiger partial charge < -0.3 is 19.0 Å². The summed E-state index contributed by atoms with van der Waals surface area (Å²) in [5.41, 5.74) is 4.05. The Morgan fingerprint density at radius 3 is 2.01 bits per heavy atom. The van der Waals surface area contributed by atoms with Crippen molar-refractivity contribution in [3.05, 3.63) is 113 Å². The molecule has 4 aromatic rings. The maximum Gasteiger partial charge on any atom is 0.333 e. The number of rotatable bonds is 25. The summed E-state index contributed by atoms with van der Waals surface area (Å²) in [6.07, 6.45) is 14.1. The summed E-state index contributed by atoms with van der Waals surface area (Å²) in [7, 11) is -7.57. The summed E-state index contributed by atoms with van der Waals surface area (Å²) >= 11 is 0.907. The number of fused-ring (bicyclic) bond motifs is 6. The molecule has 0 radical (unpaired) electrons. The fourth-order valence-corrected chi connectivity index (χ4v) is 11.2. The van der Waals surface area contributed by atoms with E-state index in [1.807, 2.05) is 57.3 Å². The molecule has 75 heavy (non-hydrogen) atoms. The SMILES string of the molecule is Cc1cc2cc(SOOO)ccc2c2c1[N+](C)=C(/C=C/C=C/C=C/C=C1/N(OCCOCCOCCOCCCCC(=O)ON3C(=O)CCC3=O)c3c(S(=O)(=O)O)cc4cc(S(=O)(=O)O)ccc4c3C1(C)C)C2(C)C. The molecular formula is C52H60N3O17S3+. The van der Waals surface area contributed by atoms with E-state index in [4.69, 9.17) is 29.1 Å². The van der Waals surface area contributed by atoms with Crippen LogP contribution in [0.4, 0.5) is 11.4 Å². The summed E-state index contributed by atoms with van der Waals surface area (Å²) < 4.78 is 94.7. The molecule has 2 amide bonds. The molecular weight excluding hydrogens is 1030 g/mol. The highest BCUT2D eigenvalue weighted by Crippen LogP contribution is 2.54. The molecule has 0 unspecified atom stereocenters. The summed E-state index contributed by atoms with van der Waals surface area (Å²) in [6, 6.07) is 13.0. The lowest BCUT2D eigenvalue weighted by atomic mass is 9.78. The van der Waals surface area contributed by atoms with Crippen LogP contribution in [0.3, 0.4) is 0 Å². The fourth-order valence-electron chi connectivity index (χ4n) is 9.62. The van der Waals surface area contributed by atoms with Crippen LogP contribution < -0.4 is 5.06 Å². The van der Waals surface area contributed by atoms with E-state index in [0.29, 0.717) is 41.2 Å². The van der Waals surface area contributed by atoms with Crippen molar-refractivity contribution in [2.24, 2.45) is 0 Å². The van der Waals surface area contributed by atoms with Crippen LogP contribution in [0.25, 0.3) is 21.5 Å². The molecule has 3 heterocycles. The van der Waals surface area contributed by atoms with E-state index in [1.54, 1.807) is 18.2 Å². The number of benzene rings is 4. The van der Waals surface area contributed by atoms with Gasteiger partial charge in [0.25, 0.3) is 32.1 Å². The topological polar surface area (TPSA) is 254 Å². The minimum Gasteiger partial charge on any atom is -0.379 e. The van der Waals surface area contributed by atoms with Gasteiger partial charge >= 0.3 is 5.97 Å². The van der Waals surface area contributed by atoms with E-state index >= 15 is 0 Å². The summed E-state index contributed by atoms with van der Waals surface area (Å²) in [5.74, 6) is -1.72. The first kappa shape index (κ1) is 57.0. The molecule has 3 N–H and O–H groups in total. The van der Waals surface area contributed by atoms with E-state index in [2.05, 4.69) is 46.9 Å². The van der Waals surface area contributed by atoms with Crippen molar-refractivity contribution in [3.63, 3.8) is 0 Å². The average Bonchev–Trinajstić information content (AvgIpc) is 3.86. The van der Waals surface area contributed by atoms with Crippen molar-refractivity contribution in [1.82, 2.24) is 5.06 Å². The molecule has 0 spiro atoms. The number of anilines is 1. The van der Waals surface area contributed by atoms with Crippen LogP contribution in [-0.2, 0) is 78.7 Å². The molecule has 0 bridgehead atoms. The number of carbonyl (C=O) groups excluding carboxylic acids is 3. The Kier molecular flexibility index (Phi) is 18.3. The number of aryl methyl sites for hydroxylation is 1. The van der Waals surface area contributed by atoms with Gasteiger partial charge in [-0.3, -0.25) is 23.5 Å². The second kappa shape index (κ2) is 24.1. The molecule has 3 aliphatic rings. The second-order valence-corrected chi connectivity index (χ2v) is 22.4.